The number of hydrogen-bond acceptors (Lipinski definition) is 4. The van der Waals surface area contributed by atoms with Crippen molar-refractivity contribution in [2.75, 3.05) is 19.8 Å². The molecule has 0 aromatic heterocycles. The van der Waals surface area contributed by atoms with E-state index in [2.05, 4.69) is 0 Å². The van der Waals surface area contributed by atoms with Crippen LogP contribution in [0.15, 0.2) is 0 Å². The lowest BCUT2D eigenvalue weighted by atomic mass is 9.61. The maximum atomic E-state index is 12.1. The van der Waals surface area contributed by atoms with Crippen molar-refractivity contribution in [3.63, 3.8) is 0 Å². The van der Waals surface area contributed by atoms with E-state index in [1.807, 2.05) is 0 Å². The highest BCUT2D eigenvalue weighted by molar-refractivity contribution is 5.77. The summed E-state index contributed by atoms with van der Waals surface area (Å²) in [7, 11) is 0. The van der Waals surface area contributed by atoms with E-state index >= 15 is 0 Å². The molecular formula is C15H22O5. The summed E-state index contributed by atoms with van der Waals surface area (Å²) in [5.41, 5.74) is -0.907. The second-order valence-electron chi connectivity index (χ2n) is 6.90. The van der Waals surface area contributed by atoms with Crippen molar-refractivity contribution in [2.45, 2.75) is 56.3 Å². The molecule has 0 radical (unpaired) electrons. The Kier molecular flexibility index (Phi) is 2.88. The van der Waals surface area contributed by atoms with Crippen LogP contribution >= 0.6 is 0 Å². The monoisotopic (exact) mass is 282 g/mol. The zero-order valence-electron chi connectivity index (χ0n) is 11.7. The lowest BCUT2D eigenvalue weighted by Crippen LogP contribution is -2.52. The molecule has 1 spiro atoms. The number of carboxylic acid groups (broad SMARTS) is 1. The number of fused-ring (bicyclic) bond motifs is 2. The summed E-state index contributed by atoms with van der Waals surface area (Å²) in [6, 6.07) is 0. The number of aliphatic carboxylic acids is 1. The van der Waals surface area contributed by atoms with E-state index in [4.69, 9.17) is 14.2 Å². The molecule has 1 N–H and O–H groups in total. The molecule has 2 bridgehead atoms. The second-order valence-corrected chi connectivity index (χ2v) is 6.90. The van der Waals surface area contributed by atoms with E-state index in [1.165, 1.54) is 0 Å². The SMILES string of the molecule is O=C(O)C1(C2CCOC3(CCOC3)C2)CC2CCC1O2. The minimum Gasteiger partial charge on any atom is -0.481 e. The Bertz CT molecular complexity index is 416. The number of hydrogen-bond donors (Lipinski definition) is 1. The first-order valence-corrected chi connectivity index (χ1v) is 7.75. The summed E-state index contributed by atoms with van der Waals surface area (Å²) in [5.74, 6) is -0.503. The van der Waals surface area contributed by atoms with Gasteiger partial charge < -0.3 is 19.3 Å². The first-order chi connectivity index (χ1) is 9.65. The fourth-order valence-electron chi connectivity index (χ4n) is 4.90. The maximum Gasteiger partial charge on any atom is 0.312 e. The molecule has 0 aromatic carbocycles. The van der Waals surface area contributed by atoms with Gasteiger partial charge in [0.2, 0.25) is 0 Å². The van der Waals surface area contributed by atoms with Crippen LogP contribution in [-0.4, -0.2) is 48.7 Å². The molecule has 0 aromatic rings. The quantitative estimate of drug-likeness (QED) is 0.833. The lowest BCUT2D eigenvalue weighted by Gasteiger charge is -2.45. The van der Waals surface area contributed by atoms with Gasteiger partial charge in [-0.1, -0.05) is 0 Å². The molecule has 0 amide bonds. The van der Waals surface area contributed by atoms with Crippen molar-refractivity contribution in [1.82, 2.24) is 0 Å². The Morgan fingerprint density at radius 1 is 1.15 bits per heavy atom. The van der Waals surface area contributed by atoms with Gasteiger partial charge in [0, 0.05) is 19.6 Å². The van der Waals surface area contributed by atoms with Crippen LogP contribution in [0.25, 0.3) is 0 Å². The number of rotatable bonds is 2. The molecule has 20 heavy (non-hydrogen) atoms. The third-order valence-corrected chi connectivity index (χ3v) is 5.93. The van der Waals surface area contributed by atoms with Gasteiger partial charge >= 0.3 is 5.97 Å². The molecule has 5 atom stereocenters. The smallest absolute Gasteiger partial charge is 0.312 e. The summed E-state index contributed by atoms with van der Waals surface area (Å²) in [4.78, 5) is 12.1. The van der Waals surface area contributed by atoms with Crippen LogP contribution in [0.1, 0.15) is 38.5 Å². The molecule has 4 rings (SSSR count). The van der Waals surface area contributed by atoms with E-state index in [0.717, 1.165) is 38.7 Å². The van der Waals surface area contributed by atoms with Gasteiger partial charge in [0.15, 0.2) is 0 Å². The van der Waals surface area contributed by atoms with Crippen molar-refractivity contribution >= 4 is 5.97 Å². The van der Waals surface area contributed by atoms with Gasteiger partial charge in [0.1, 0.15) is 0 Å². The summed E-state index contributed by atoms with van der Waals surface area (Å²) >= 11 is 0. The lowest BCUT2D eigenvalue weighted by molar-refractivity contribution is -0.169. The summed E-state index contributed by atoms with van der Waals surface area (Å²) < 4.78 is 17.4. The molecule has 5 nitrogen and oxygen atoms in total. The Morgan fingerprint density at radius 2 is 2.05 bits per heavy atom. The molecule has 0 saturated carbocycles. The molecule has 5 unspecified atom stereocenters. The molecule has 4 heterocycles. The predicted octanol–water partition coefficient (Wildman–Crippen LogP) is 1.59. The average molecular weight is 282 g/mol. The normalized spacial score (nSPS) is 50.9. The van der Waals surface area contributed by atoms with Gasteiger partial charge in [-0.05, 0) is 38.0 Å². The highest BCUT2D eigenvalue weighted by Crippen LogP contribution is 2.56. The summed E-state index contributed by atoms with van der Waals surface area (Å²) in [6.45, 7) is 2.00. The highest BCUT2D eigenvalue weighted by Gasteiger charge is 2.62. The molecule has 4 saturated heterocycles. The molecule has 5 heteroatoms. The molecule has 112 valence electrons. The minimum absolute atomic E-state index is 0.0903. The number of carbonyl (C=O) groups is 1. The van der Waals surface area contributed by atoms with Gasteiger partial charge in [-0.2, -0.15) is 0 Å². The summed E-state index contributed by atoms with van der Waals surface area (Å²) in [5, 5.41) is 9.92. The Morgan fingerprint density at radius 3 is 2.65 bits per heavy atom. The van der Waals surface area contributed by atoms with Crippen molar-refractivity contribution < 1.29 is 24.1 Å². The van der Waals surface area contributed by atoms with Crippen molar-refractivity contribution in [1.29, 1.82) is 0 Å². The third kappa shape index (κ3) is 1.69. The summed E-state index contributed by atoms with van der Waals surface area (Å²) in [6.07, 6.45) is 5.23. The third-order valence-electron chi connectivity index (χ3n) is 5.93. The van der Waals surface area contributed by atoms with E-state index < -0.39 is 11.4 Å². The number of carboxylic acids is 1. The Labute approximate surface area is 118 Å². The van der Waals surface area contributed by atoms with Crippen LogP contribution in [0.4, 0.5) is 0 Å². The Hall–Kier alpha value is -0.650. The van der Waals surface area contributed by atoms with Gasteiger partial charge in [0.25, 0.3) is 0 Å². The van der Waals surface area contributed by atoms with Crippen LogP contribution in [0.5, 0.6) is 0 Å². The largest absolute Gasteiger partial charge is 0.481 e. The zero-order chi connectivity index (χ0) is 13.8. The molecular weight excluding hydrogens is 260 g/mol. The van der Waals surface area contributed by atoms with Crippen molar-refractivity contribution in [2.24, 2.45) is 11.3 Å². The standard InChI is InChI=1S/C15H22O5/c16-13(17)15(8-11-1-2-12(15)20-11)10-3-5-19-14(7-10)4-6-18-9-14/h10-12H,1-9H2,(H,16,17). The fourth-order valence-corrected chi connectivity index (χ4v) is 4.90. The van der Waals surface area contributed by atoms with Gasteiger partial charge in [-0.25, -0.2) is 0 Å². The van der Waals surface area contributed by atoms with Crippen LogP contribution in [0.3, 0.4) is 0 Å². The topological polar surface area (TPSA) is 65.0 Å². The first-order valence-electron chi connectivity index (χ1n) is 7.75. The van der Waals surface area contributed by atoms with Crippen LogP contribution in [0, 0.1) is 11.3 Å². The second kappa shape index (κ2) is 4.42. The van der Waals surface area contributed by atoms with Crippen LogP contribution in [-0.2, 0) is 19.0 Å². The average Bonchev–Trinajstić information content (AvgIpc) is 3.14. The maximum absolute atomic E-state index is 12.1. The molecule has 0 aliphatic carbocycles. The molecule has 4 fully saturated rings. The zero-order valence-corrected chi connectivity index (χ0v) is 11.7. The van der Waals surface area contributed by atoms with Crippen molar-refractivity contribution in [3.8, 4) is 0 Å². The van der Waals surface area contributed by atoms with E-state index in [-0.39, 0.29) is 23.7 Å². The van der Waals surface area contributed by atoms with Gasteiger partial charge in [-0.15, -0.1) is 0 Å². The number of ether oxygens (including phenoxy) is 3. The highest BCUT2D eigenvalue weighted by atomic mass is 16.6. The van der Waals surface area contributed by atoms with Crippen LogP contribution < -0.4 is 0 Å². The van der Waals surface area contributed by atoms with Crippen molar-refractivity contribution in [3.05, 3.63) is 0 Å². The van der Waals surface area contributed by atoms with Gasteiger partial charge in [-0.3, -0.25) is 4.79 Å². The fraction of sp³-hybridized carbons (Fsp3) is 0.933. The van der Waals surface area contributed by atoms with E-state index in [0.29, 0.717) is 19.6 Å². The molecule has 4 aliphatic heterocycles. The Balaban J connectivity index is 1.62. The minimum atomic E-state index is -0.678. The van der Waals surface area contributed by atoms with Crippen LogP contribution in [0.2, 0.25) is 0 Å². The van der Waals surface area contributed by atoms with E-state index in [9.17, 15) is 9.90 Å². The predicted molar refractivity (Wildman–Crippen MR) is 69.4 cm³/mol. The first kappa shape index (κ1) is 13.0. The van der Waals surface area contributed by atoms with E-state index in [1.54, 1.807) is 0 Å². The van der Waals surface area contributed by atoms with Gasteiger partial charge in [0.05, 0.1) is 29.8 Å². The molecule has 4 aliphatic rings.